The van der Waals surface area contributed by atoms with Gasteiger partial charge in [0, 0.05) is 25.4 Å². The minimum atomic E-state index is -0.947. The number of rotatable bonds is 45. The number of aliphatic hydroxyl groups excluding tert-OH is 1. The van der Waals surface area contributed by atoms with Crippen LogP contribution in [0.15, 0.2) is 24.0 Å². The van der Waals surface area contributed by atoms with Gasteiger partial charge in [0.25, 0.3) is 0 Å². The average Bonchev–Trinajstić information content (AvgIpc) is 3.52. The van der Waals surface area contributed by atoms with Crippen molar-refractivity contribution in [2.24, 2.45) is 11.3 Å². The molecule has 0 spiro atoms. The number of amides is 1. The van der Waals surface area contributed by atoms with Crippen molar-refractivity contribution < 1.29 is 71.5 Å². The van der Waals surface area contributed by atoms with E-state index in [1.165, 1.54) is 17.1 Å². The predicted octanol–water partition coefficient (Wildman–Crippen LogP) is 0.250. The third-order valence-electron chi connectivity index (χ3n) is 7.67. The molecule has 1 aliphatic heterocycles. The first-order chi connectivity index (χ1) is 28.3. The van der Waals surface area contributed by atoms with E-state index in [-0.39, 0.29) is 12.5 Å². The van der Waals surface area contributed by atoms with Crippen molar-refractivity contribution in [1.82, 2.24) is 15.6 Å². The van der Waals surface area contributed by atoms with E-state index in [9.17, 15) is 9.90 Å². The van der Waals surface area contributed by atoms with Crippen LogP contribution >= 0.6 is 0 Å². The summed E-state index contributed by atoms with van der Waals surface area (Å²) in [5.74, 6) is 5.22. The zero-order valence-electron chi connectivity index (χ0n) is 35.5. The van der Waals surface area contributed by atoms with Crippen LogP contribution in [-0.2, 0) is 66.4 Å². The summed E-state index contributed by atoms with van der Waals surface area (Å²) in [5.41, 5.74) is 3.36. The summed E-state index contributed by atoms with van der Waals surface area (Å²) in [5, 5.41) is 12.8. The van der Waals surface area contributed by atoms with E-state index < -0.39 is 6.23 Å². The Morgan fingerprint density at radius 2 is 0.862 bits per heavy atom. The highest BCUT2D eigenvalue weighted by Gasteiger charge is 2.24. The second kappa shape index (κ2) is 40.4. The number of hydrogen-bond acceptors (Lipinski definition) is 18. The van der Waals surface area contributed by atoms with Crippen molar-refractivity contribution in [3.8, 4) is 0 Å². The van der Waals surface area contributed by atoms with Gasteiger partial charge in [-0.2, -0.15) is 0 Å². The number of nitrogens with one attached hydrogen (secondary N) is 2. The molecule has 0 aromatic carbocycles. The molecule has 0 saturated carbocycles. The van der Waals surface area contributed by atoms with Crippen LogP contribution in [0.5, 0.6) is 0 Å². The number of nitrogens with two attached hydrogens (primary N) is 1. The van der Waals surface area contributed by atoms with Gasteiger partial charge in [-0.3, -0.25) is 10.6 Å². The molecular formula is C39H76N4O15. The molecule has 0 bridgehead atoms. The van der Waals surface area contributed by atoms with Gasteiger partial charge < -0.3 is 82.3 Å². The summed E-state index contributed by atoms with van der Waals surface area (Å²) in [6, 6.07) is 0. The lowest BCUT2D eigenvalue weighted by atomic mass is 9.93. The Hall–Kier alpha value is -2.05. The molecule has 1 unspecified atom stereocenters. The van der Waals surface area contributed by atoms with Crippen LogP contribution in [0, 0.1) is 5.41 Å². The molecule has 58 heavy (non-hydrogen) atoms. The quantitative estimate of drug-likeness (QED) is 0.0368. The summed E-state index contributed by atoms with van der Waals surface area (Å²) >= 11 is 0. The molecule has 1 atom stereocenters. The lowest BCUT2D eigenvalue weighted by Crippen LogP contribution is -2.39. The summed E-state index contributed by atoms with van der Waals surface area (Å²) in [6.07, 6.45) is 4.48. The van der Waals surface area contributed by atoms with E-state index in [1.807, 2.05) is 0 Å². The lowest BCUT2D eigenvalue weighted by molar-refractivity contribution is -0.130. The van der Waals surface area contributed by atoms with E-state index in [2.05, 4.69) is 31.5 Å². The molecule has 1 amide bonds. The number of hydrogen-bond donors (Lipinski definition) is 4. The average molecular weight is 841 g/mol. The van der Waals surface area contributed by atoms with E-state index in [0.717, 1.165) is 13.0 Å². The van der Waals surface area contributed by atoms with Gasteiger partial charge in [-0.1, -0.05) is 20.8 Å². The number of hydrazine groups is 1. The smallest absolute Gasteiger partial charge is 0.249 e. The minimum absolute atomic E-state index is 0.156. The number of carbonyl (C=O) groups excluding carboxylic acids is 1. The molecule has 0 fully saturated rings. The van der Waals surface area contributed by atoms with Gasteiger partial charge in [-0.15, -0.1) is 0 Å². The summed E-state index contributed by atoms with van der Waals surface area (Å²) in [7, 11) is 0. The minimum Gasteiger partial charge on any atom is -0.387 e. The van der Waals surface area contributed by atoms with Crippen molar-refractivity contribution in [2.75, 3.05) is 185 Å². The fraction of sp³-hybridized carbons (Fsp3) is 0.872. The second-order valence-corrected chi connectivity index (χ2v) is 13.8. The Labute approximate surface area is 346 Å². The Morgan fingerprint density at radius 1 is 0.569 bits per heavy atom. The zero-order chi connectivity index (χ0) is 42.0. The highest BCUT2D eigenvalue weighted by molar-refractivity contribution is 5.90. The van der Waals surface area contributed by atoms with Crippen LogP contribution < -0.4 is 16.6 Å². The third kappa shape index (κ3) is 37.0. The number of nitrogens with zero attached hydrogens (tertiary/aromatic N) is 1. The Bertz CT molecular complexity index is 978. The van der Waals surface area contributed by atoms with Gasteiger partial charge in [-0.25, -0.2) is 0 Å². The zero-order valence-corrected chi connectivity index (χ0v) is 35.5. The molecule has 1 rings (SSSR count). The monoisotopic (exact) mass is 841 g/mol. The molecule has 342 valence electrons. The van der Waals surface area contributed by atoms with Gasteiger partial charge in [0.05, 0.1) is 177 Å². The van der Waals surface area contributed by atoms with Gasteiger partial charge in [0.15, 0.2) is 0 Å². The standard InChI is InChI=1S/C39H76N4O15/c1-39(2,3)6-8-46-10-12-48-14-16-50-18-20-52-22-24-54-26-28-56-30-32-58-33-31-57-29-27-55-25-23-53-21-19-51-17-15-49-13-11-47-9-7-41-34-36(42-40)35-43-37(44)4-5-38(43)45/h4-5,34,37,41-42,44H,6-33,35,40H2,1-3H3/b36-34-. The molecule has 0 aliphatic carbocycles. The molecule has 0 radical (unpaired) electrons. The molecule has 0 aromatic heterocycles. The van der Waals surface area contributed by atoms with Gasteiger partial charge in [0.1, 0.15) is 6.23 Å². The van der Waals surface area contributed by atoms with E-state index >= 15 is 0 Å². The summed E-state index contributed by atoms with van der Waals surface area (Å²) in [4.78, 5) is 13.0. The fourth-order valence-electron chi connectivity index (χ4n) is 4.43. The third-order valence-corrected chi connectivity index (χ3v) is 7.67. The summed E-state index contributed by atoms with van der Waals surface area (Å²) in [6.45, 7) is 20.6. The van der Waals surface area contributed by atoms with Crippen molar-refractivity contribution in [2.45, 2.75) is 33.4 Å². The van der Waals surface area contributed by atoms with Crippen LogP contribution in [0.1, 0.15) is 27.2 Å². The van der Waals surface area contributed by atoms with Crippen molar-refractivity contribution in [3.05, 3.63) is 24.0 Å². The van der Waals surface area contributed by atoms with Crippen molar-refractivity contribution >= 4 is 5.91 Å². The normalized spacial score (nSPS) is 14.6. The van der Waals surface area contributed by atoms with Crippen LogP contribution in [0.2, 0.25) is 0 Å². The number of carbonyl (C=O) groups is 1. The maximum Gasteiger partial charge on any atom is 0.249 e. The summed E-state index contributed by atoms with van der Waals surface area (Å²) < 4.78 is 71.5. The molecule has 1 heterocycles. The first kappa shape index (κ1) is 54.0. The fourth-order valence-corrected chi connectivity index (χ4v) is 4.43. The Morgan fingerprint density at radius 3 is 1.12 bits per heavy atom. The number of aliphatic hydroxyl groups is 1. The first-order valence-corrected chi connectivity index (χ1v) is 20.4. The van der Waals surface area contributed by atoms with Crippen LogP contribution in [0.3, 0.4) is 0 Å². The maximum atomic E-state index is 11.7. The molecule has 0 aromatic rings. The van der Waals surface area contributed by atoms with Gasteiger partial charge >= 0.3 is 0 Å². The van der Waals surface area contributed by atoms with Crippen LogP contribution in [0.25, 0.3) is 0 Å². The van der Waals surface area contributed by atoms with E-state index in [4.69, 9.17) is 67.4 Å². The van der Waals surface area contributed by atoms with Crippen molar-refractivity contribution in [3.63, 3.8) is 0 Å². The van der Waals surface area contributed by atoms with Gasteiger partial charge in [0.2, 0.25) is 5.91 Å². The SMILES string of the molecule is CC(C)(C)CCOCCOCCOCCOCCOCCOCCOCCOCCOCCOCCOCCOCCOCCN/C=C(/CN1C(=O)C=CC1O)NN. The molecular weight excluding hydrogens is 764 g/mol. The van der Waals surface area contributed by atoms with Crippen LogP contribution in [0.4, 0.5) is 0 Å². The second-order valence-electron chi connectivity index (χ2n) is 13.8. The maximum absolute atomic E-state index is 11.7. The van der Waals surface area contributed by atoms with Gasteiger partial charge in [-0.05, 0) is 17.9 Å². The number of ether oxygens (including phenoxy) is 13. The molecule has 0 saturated heterocycles. The molecule has 1 aliphatic rings. The van der Waals surface area contributed by atoms with Crippen LogP contribution in [-0.4, -0.2) is 207 Å². The van der Waals surface area contributed by atoms with Crippen molar-refractivity contribution in [1.29, 1.82) is 0 Å². The largest absolute Gasteiger partial charge is 0.387 e. The molecule has 19 heteroatoms. The topological polar surface area (TPSA) is 211 Å². The highest BCUT2D eigenvalue weighted by atomic mass is 16.6. The lowest BCUT2D eigenvalue weighted by Gasteiger charge is -2.21. The first-order valence-electron chi connectivity index (χ1n) is 20.4. The van der Waals surface area contributed by atoms with E-state index in [0.29, 0.717) is 183 Å². The van der Waals surface area contributed by atoms with E-state index in [1.54, 1.807) is 6.20 Å². The Balaban J connectivity index is 1.66. The molecule has 5 N–H and O–H groups in total. The predicted molar refractivity (Wildman–Crippen MR) is 215 cm³/mol. The Kier molecular flexibility index (Phi) is 37.6. The molecule has 19 nitrogen and oxygen atoms in total. The highest BCUT2D eigenvalue weighted by Crippen LogP contribution is 2.17.